The van der Waals surface area contributed by atoms with Gasteiger partial charge in [-0.25, -0.2) is 4.79 Å². The third-order valence-electron chi connectivity index (χ3n) is 4.49. The van der Waals surface area contributed by atoms with E-state index in [1.807, 2.05) is 19.1 Å². The van der Waals surface area contributed by atoms with E-state index in [9.17, 15) is 9.59 Å². The number of fused-ring (bicyclic) bond motifs is 1. The van der Waals surface area contributed by atoms with Crippen LogP contribution in [-0.4, -0.2) is 19.5 Å². The van der Waals surface area contributed by atoms with Crippen molar-refractivity contribution < 1.29 is 18.7 Å². The predicted octanol–water partition coefficient (Wildman–Crippen LogP) is 4.32. The minimum Gasteiger partial charge on any atom is -0.497 e. The zero-order valence-corrected chi connectivity index (χ0v) is 15.7. The highest BCUT2D eigenvalue weighted by Crippen LogP contribution is 2.29. The molecule has 0 atom stereocenters. The van der Waals surface area contributed by atoms with Crippen molar-refractivity contribution in [2.24, 2.45) is 0 Å². The van der Waals surface area contributed by atoms with Gasteiger partial charge in [0, 0.05) is 22.6 Å². The molecular weight excluding hydrogens is 344 g/mol. The van der Waals surface area contributed by atoms with Gasteiger partial charge in [-0.2, -0.15) is 0 Å². The van der Waals surface area contributed by atoms with Crippen LogP contribution >= 0.6 is 0 Å². The molecular formula is C22H22O5. The van der Waals surface area contributed by atoms with Gasteiger partial charge in [0.05, 0.1) is 7.11 Å². The molecule has 5 nitrogen and oxygen atoms in total. The van der Waals surface area contributed by atoms with Crippen LogP contribution in [0.1, 0.15) is 34.8 Å². The lowest BCUT2D eigenvalue weighted by molar-refractivity contribution is 0.0921. The van der Waals surface area contributed by atoms with Crippen LogP contribution in [0.2, 0.25) is 0 Å². The van der Waals surface area contributed by atoms with Crippen LogP contribution in [0.4, 0.5) is 0 Å². The van der Waals surface area contributed by atoms with Crippen molar-refractivity contribution in [1.82, 2.24) is 0 Å². The maximum absolute atomic E-state index is 12.3. The van der Waals surface area contributed by atoms with Crippen LogP contribution < -0.4 is 15.1 Å². The van der Waals surface area contributed by atoms with Crippen molar-refractivity contribution in [3.8, 4) is 11.5 Å². The number of hydrogen-bond acceptors (Lipinski definition) is 5. The van der Waals surface area contributed by atoms with E-state index in [2.05, 4.69) is 6.92 Å². The van der Waals surface area contributed by atoms with Crippen molar-refractivity contribution in [1.29, 1.82) is 0 Å². The summed E-state index contributed by atoms with van der Waals surface area (Å²) in [6.45, 7) is 3.79. The molecule has 1 heterocycles. The first-order valence-corrected chi connectivity index (χ1v) is 8.90. The highest BCUT2D eigenvalue weighted by atomic mass is 16.5. The van der Waals surface area contributed by atoms with Gasteiger partial charge in [0.2, 0.25) is 0 Å². The van der Waals surface area contributed by atoms with Gasteiger partial charge in [-0.1, -0.05) is 13.3 Å². The highest BCUT2D eigenvalue weighted by molar-refractivity contribution is 5.97. The van der Waals surface area contributed by atoms with E-state index in [1.165, 1.54) is 0 Å². The second-order valence-electron chi connectivity index (χ2n) is 6.35. The Morgan fingerprint density at radius 1 is 1.11 bits per heavy atom. The number of hydrogen-bond donors (Lipinski definition) is 0. The van der Waals surface area contributed by atoms with E-state index in [4.69, 9.17) is 13.9 Å². The lowest BCUT2D eigenvalue weighted by atomic mass is 10.0. The fourth-order valence-electron chi connectivity index (χ4n) is 3.04. The summed E-state index contributed by atoms with van der Waals surface area (Å²) in [4.78, 5) is 24.2. The van der Waals surface area contributed by atoms with Gasteiger partial charge < -0.3 is 13.9 Å². The van der Waals surface area contributed by atoms with Gasteiger partial charge in [0.25, 0.3) is 0 Å². The third-order valence-corrected chi connectivity index (χ3v) is 4.49. The van der Waals surface area contributed by atoms with Crippen LogP contribution in [0.15, 0.2) is 51.7 Å². The highest BCUT2D eigenvalue weighted by Gasteiger charge is 2.13. The molecule has 0 aliphatic carbocycles. The largest absolute Gasteiger partial charge is 0.497 e. The number of benzene rings is 2. The number of carbonyl (C=O) groups is 1. The lowest BCUT2D eigenvalue weighted by Gasteiger charge is -2.12. The van der Waals surface area contributed by atoms with Crippen molar-refractivity contribution in [2.75, 3.05) is 13.7 Å². The van der Waals surface area contributed by atoms with E-state index >= 15 is 0 Å². The molecule has 0 spiro atoms. The maximum atomic E-state index is 12.3. The van der Waals surface area contributed by atoms with E-state index < -0.39 is 0 Å². The average molecular weight is 366 g/mol. The third kappa shape index (κ3) is 4.03. The Labute approximate surface area is 157 Å². The molecule has 0 fully saturated rings. The van der Waals surface area contributed by atoms with Crippen LogP contribution in [0.3, 0.4) is 0 Å². The molecule has 5 heteroatoms. The maximum Gasteiger partial charge on any atom is 0.336 e. The summed E-state index contributed by atoms with van der Waals surface area (Å²) < 4.78 is 16.2. The number of methoxy groups -OCH3 is 1. The molecule has 27 heavy (non-hydrogen) atoms. The second kappa shape index (κ2) is 8.08. The lowest BCUT2D eigenvalue weighted by Crippen LogP contribution is -2.12. The summed E-state index contributed by atoms with van der Waals surface area (Å²) in [5.41, 5.74) is 2.37. The zero-order chi connectivity index (χ0) is 19.4. The van der Waals surface area contributed by atoms with E-state index in [0.29, 0.717) is 28.2 Å². The zero-order valence-electron chi connectivity index (χ0n) is 15.7. The predicted molar refractivity (Wildman–Crippen MR) is 104 cm³/mol. The fraction of sp³-hybridized carbons (Fsp3) is 0.273. The topological polar surface area (TPSA) is 65.7 Å². The first kappa shape index (κ1) is 18.7. The van der Waals surface area contributed by atoms with E-state index in [1.54, 1.807) is 37.4 Å². The molecule has 0 N–H and O–H groups in total. The minimum absolute atomic E-state index is 0.0996. The fourth-order valence-corrected chi connectivity index (χ4v) is 3.04. The van der Waals surface area contributed by atoms with Gasteiger partial charge in [-0.05, 0) is 55.3 Å². The van der Waals surface area contributed by atoms with Crippen LogP contribution in [0.25, 0.3) is 11.0 Å². The molecule has 0 unspecified atom stereocenters. The molecule has 0 bridgehead atoms. The van der Waals surface area contributed by atoms with Crippen LogP contribution in [0, 0.1) is 6.92 Å². The number of ether oxygens (including phenoxy) is 2. The quantitative estimate of drug-likeness (QED) is 0.460. The van der Waals surface area contributed by atoms with Gasteiger partial charge in [-0.3, -0.25) is 4.79 Å². The molecule has 0 saturated carbocycles. The normalized spacial score (nSPS) is 10.8. The molecule has 0 aliphatic heterocycles. The number of carbonyl (C=O) groups excluding carboxylic acids is 1. The Morgan fingerprint density at radius 2 is 1.85 bits per heavy atom. The van der Waals surface area contributed by atoms with Gasteiger partial charge >= 0.3 is 5.63 Å². The average Bonchev–Trinajstić information content (AvgIpc) is 2.68. The van der Waals surface area contributed by atoms with Crippen LogP contribution in [0.5, 0.6) is 11.5 Å². The second-order valence-corrected chi connectivity index (χ2v) is 6.35. The Morgan fingerprint density at radius 3 is 2.52 bits per heavy atom. The van der Waals surface area contributed by atoms with Crippen molar-refractivity contribution in [3.63, 3.8) is 0 Å². The molecule has 3 aromatic rings. The molecule has 3 rings (SSSR count). The Kier molecular flexibility index (Phi) is 5.60. The first-order valence-electron chi connectivity index (χ1n) is 8.90. The number of rotatable bonds is 7. The number of aryl methyl sites for hydroxylation is 2. The number of ketones is 1. The van der Waals surface area contributed by atoms with Crippen molar-refractivity contribution in [2.45, 2.75) is 26.7 Å². The monoisotopic (exact) mass is 366 g/mol. The molecule has 0 saturated heterocycles. The summed E-state index contributed by atoms with van der Waals surface area (Å²) in [6.07, 6.45) is 1.74. The van der Waals surface area contributed by atoms with Crippen molar-refractivity contribution in [3.05, 3.63) is 69.6 Å². The summed E-state index contributed by atoms with van der Waals surface area (Å²) in [5, 5.41) is 0.905. The van der Waals surface area contributed by atoms with E-state index in [-0.39, 0.29) is 18.0 Å². The Balaban J connectivity index is 1.83. The summed E-state index contributed by atoms with van der Waals surface area (Å²) in [7, 11) is 1.58. The summed E-state index contributed by atoms with van der Waals surface area (Å²) >= 11 is 0. The Bertz CT molecular complexity index is 1020. The van der Waals surface area contributed by atoms with Crippen LogP contribution in [-0.2, 0) is 6.42 Å². The van der Waals surface area contributed by atoms with Gasteiger partial charge in [0.1, 0.15) is 17.1 Å². The van der Waals surface area contributed by atoms with Crippen molar-refractivity contribution >= 4 is 16.8 Å². The molecule has 0 radical (unpaired) electrons. The first-order chi connectivity index (χ1) is 13.0. The molecule has 0 aliphatic rings. The number of Topliss-reactive ketones (excluding diaryl/α,β-unsaturated/α-hetero) is 1. The molecule has 0 amide bonds. The minimum atomic E-state index is -0.375. The smallest absolute Gasteiger partial charge is 0.336 e. The summed E-state index contributed by atoms with van der Waals surface area (Å²) in [6, 6.07) is 12.1. The van der Waals surface area contributed by atoms with Gasteiger partial charge in [-0.15, -0.1) is 0 Å². The molecule has 140 valence electrons. The molecule has 1 aromatic heterocycles. The summed E-state index contributed by atoms with van der Waals surface area (Å²) in [5.74, 6) is 1.08. The Hall–Kier alpha value is -3.08. The van der Waals surface area contributed by atoms with Gasteiger partial charge in [0.15, 0.2) is 12.4 Å². The standard InChI is InChI=1S/C22H22O5/c1-4-5-16-12-21(24)27-22-14(2)20(11-10-18(16)22)26-13-19(23)15-6-8-17(25-3)9-7-15/h6-12H,4-5,13H2,1-3H3. The molecule has 2 aromatic carbocycles. The SMILES string of the molecule is CCCc1cc(=O)oc2c(C)c(OCC(=O)c3ccc(OC)cc3)ccc12. The van der Waals surface area contributed by atoms with E-state index in [0.717, 1.165) is 23.8 Å².